The average molecular weight is 315 g/mol. The van der Waals surface area contributed by atoms with Crippen molar-refractivity contribution < 1.29 is 9.18 Å². The van der Waals surface area contributed by atoms with Gasteiger partial charge in [-0.3, -0.25) is 4.79 Å². The lowest BCUT2D eigenvalue weighted by atomic mass is 9.91. The highest BCUT2D eigenvalue weighted by molar-refractivity contribution is 5.85. The van der Waals surface area contributed by atoms with Gasteiger partial charge in [0, 0.05) is 6.42 Å². The summed E-state index contributed by atoms with van der Waals surface area (Å²) in [6, 6.07) is 6.50. The van der Waals surface area contributed by atoms with Crippen molar-refractivity contribution in [2.24, 2.45) is 11.7 Å². The van der Waals surface area contributed by atoms with Gasteiger partial charge < -0.3 is 11.1 Å². The van der Waals surface area contributed by atoms with E-state index < -0.39 is 0 Å². The average Bonchev–Trinajstić information content (AvgIpc) is 2.96. The second-order valence-electron chi connectivity index (χ2n) is 5.54. The third kappa shape index (κ3) is 5.29. The van der Waals surface area contributed by atoms with Gasteiger partial charge in [0.25, 0.3) is 0 Å². The first kappa shape index (κ1) is 17.9. The molecule has 0 heterocycles. The van der Waals surface area contributed by atoms with Crippen LogP contribution in [0.25, 0.3) is 0 Å². The summed E-state index contributed by atoms with van der Waals surface area (Å²) in [4.78, 5) is 12.0. The van der Waals surface area contributed by atoms with Gasteiger partial charge in [0.05, 0.1) is 6.04 Å². The van der Waals surface area contributed by atoms with Crippen molar-refractivity contribution in [2.45, 2.75) is 44.6 Å². The first-order chi connectivity index (χ1) is 9.70. The van der Waals surface area contributed by atoms with Gasteiger partial charge >= 0.3 is 0 Å². The number of amides is 1. The van der Waals surface area contributed by atoms with Crippen LogP contribution >= 0.6 is 12.4 Å². The Balaban J connectivity index is 0.00000220. The maximum absolute atomic E-state index is 13.4. The topological polar surface area (TPSA) is 55.1 Å². The minimum absolute atomic E-state index is 0. The molecule has 1 aliphatic rings. The number of rotatable bonds is 6. The summed E-state index contributed by atoms with van der Waals surface area (Å²) in [6.07, 6.45) is 5.70. The van der Waals surface area contributed by atoms with Crippen molar-refractivity contribution >= 4 is 18.3 Å². The third-order valence-corrected chi connectivity index (χ3v) is 4.00. The molecule has 21 heavy (non-hydrogen) atoms. The van der Waals surface area contributed by atoms with E-state index in [1.807, 2.05) is 6.07 Å². The van der Waals surface area contributed by atoms with E-state index in [-0.39, 0.29) is 30.2 Å². The lowest BCUT2D eigenvalue weighted by molar-refractivity contribution is -0.122. The van der Waals surface area contributed by atoms with Gasteiger partial charge in [-0.05, 0) is 49.4 Å². The van der Waals surface area contributed by atoms with E-state index in [4.69, 9.17) is 5.73 Å². The number of hydrogen-bond acceptors (Lipinski definition) is 2. The smallest absolute Gasteiger partial charge is 0.220 e. The van der Waals surface area contributed by atoms with Gasteiger partial charge in [0.15, 0.2) is 0 Å². The highest BCUT2D eigenvalue weighted by atomic mass is 35.5. The van der Waals surface area contributed by atoms with Gasteiger partial charge in [-0.1, -0.05) is 25.0 Å². The SMILES string of the molecule is Cl.NCCCC(=O)NC(c1cccc(F)c1)C1CCCC1. The lowest BCUT2D eigenvalue weighted by Gasteiger charge is -2.25. The van der Waals surface area contributed by atoms with Crippen LogP contribution in [0.2, 0.25) is 0 Å². The highest BCUT2D eigenvalue weighted by Crippen LogP contribution is 2.35. The van der Waals surface area contributed by atoms with Crippen LogP contribution in [0.4, 0.5) is 4.39 Å². The quantitative estimate of drug-likeness (QED) is 0.846. The molecule has 0 spiro atoms. The van der Waals surface area contributed by atoms with E-state index in [0.29, 0.717) is 25.3 Å². The molecule has 1 saturated carbocycles. The van der Waals surface area contributed by atoms with Crippen LogP contribution in [0.1, 0.15) is 50.1 Å². The Kier molecular flexibility index (Phi) is 7.68. The van der Waals surface area contributed by atoms with Crippen molar-refractivity contribution in [3.63, 3.8) is 0 Å². The number of carbonyl (C=O) groups is 1. The molecule has 118 valence electrons. The molecule has 1 aliphatic carbocycles. The Morgan fingerprint density at radius 3 is 2.71 bits per heavy atom. The molecule has 1 aromatic carbocycles. The summed E-state index contributed by atoms with van der Waals surface area (Å²) in [5.74, 6) is 0.178. The number of halogens is 2. The zero-order chi connectivity index (χ0) is 14.4. The molecular weight excluding hydrogens is 291 g/mol. The summed E-state index contributed by atoms with van der Waals surface area (Å²) >= 11 is 0. The van der Waals surface area contributed by atoms with Crippen LogP contribution < -0.4 is 11.1 Å². The fourth-order valence-electron chi connectivity index (χ4n) is 2.97. The molecule has 1 fully saturated rings. The molecule has 0 radical (unpaired) electrons. The van der Waals surface area contributed by atoms with Crippen LogP contribution in [0.15, 0.2) is 24.3 Å². The second-order valence-corrected chi connectivity index (χ2v) is 5.54. The van der Waals surface area contributed by atoms with Gasteiger partial charge in [-0.2, -0.15) is 0 Å². The lowest BCUT2D eigenvalue weighted by Crippen LogP contribution is -2.33. The first-order valence-corrected chi connectivity index (χ1v) is 7.45. The minimum atomic E-state index is -0.248. The number of nitrogens with two attached hydrogens (primary N) is 1. The predicted octanol–water partition coefficient (Wildman–Crippen LogP) is 3.33. The van der Waals surface area contributed by atoms with E-state index >= 15 is 0 Å². The van der Waals surface area contributed by atoms with Crippen molar-refractivity contribution in [1.82, 2.24) is 5.32 Å². The van der Waals surface area contributed by atoms with E-state index in [9.17, 15) is 9.18 Å². The van der Waals surface area contributed by atoms with Crippen molar-refractivity contribution in [3.8, 4) is 0 Å². The number of benzene rings is 1. The molecule has 1 unspecified atom stereocenters. The molecule has 1 amide bonds. The molecule has 0 aromatic heterocycles. The van der Waals surface area contributed by atoms with E-state index in [0.717, 1.165) is 18.4 Å². The van der Waals surface area contributed by atoms with Crippen molar-refractivity contribution in [2.75, 3.05) is 6.54 Å². The minimum Gasteiger partial charge on any atom is -0.349 e. The molecule has 1 aromatic rings. The van der Waals surface area contributed by atoms with Gasteiger partial charge in [0.1, 0.15) is 5.82 Å². The monoisotopic (exact) mass is 314 g/mol. The Labute approximate surface area is 131 Å². The second kappa shape index (κ2) is 9.00. The van der Waals surface area contributed by atoms with E-state index in [1.54, 1.807) is 6.07 Å². The molecule has 3 N–H and O–H groups in total. The molecular formula is C16H24ClFN2O. The molecule has 0 aliphatic heterocycles. The Morgan fingerprint density at radius 1 is 1.38 bits per heavy atom. The predicted molar refractivity (Wildman–Crippen MR) is 84.8 cm³/mol. The summed E-state index contributed by atoms with van der Waals surface area (Å²) in [6.45, 7) is 0.515. The summed E-state index contributed by atoms with van der Waals surface area (Å²) in [5.41, 5.74) is 6.30. The van der Waals surface area contributed by atoms with Crippen LogP contribution in [0.3, 0.4) is 0 Å². The summed E-state index contributed by atoms with van der Waals surface area (Å²) < 4.78 is 13.4. The number of hydrogen-bond donors (Lipinski definition) is 2. The van der Waals surface area contributed by atoms with Gasteiger partial charge in [-0.15, -0.1) is 12.4 Å². The summed E-state index contributed by atoms with van der Waals surface area (Å²) in [5, 5.41) is 3.08. The zero-order valence-corrected chi connectivity index (χ0v) is 13.0. The van der Waals surface area contributed by atoms with Crippen LogP contribution in [0, 0.1) is 11.7 Å². The maximum Gasteiger partial charge on any atom is 0.220 e. The molecule has 5 heteroatoms. The fourth-order valence-corrected chi connectivity index (χ4v) is 2.97. The normalized spacial score (nSPS) is 16.3. The molecule has 0 saturated heterocycles. The van der Waals surface area contributed by atoms with Gasteiger partial charge in [0.2, 0.25) is 5.91 Å². The van der Waals surface area contributed by atoms with E-state index in [1.165, 1.54) is 25.0 Å². The first-order valence-electron chi connectivity index (χ1n) is 7.45. The largest absolute Gasteiger partial charge is 0.349 e. The fraction of sp³-hybridized carbons (Fsp3) is 0.562. The van der Waals surface area contributed by atoms with Crippen LogP contribution in [0.5, 0.6) is 0 Å². The number of carbonyl (C=O) groups excluding carboxylic acids is 1. The standard InChI is InChI=1S/C16H23FN2O.ClH/c17-14-8-3-7-13(11-14)16(12-5-1-2-6-12)19-15(20)9-4-10-18;/h3,7-8,11-12,16H,1-2,4-6,9-10,18H2,(H,19,20);1H. The Bertz CT molecular complexity index is 450. The molecule has 2 rings (SSSR count). The molecule has 1 atom stereocenters. The van der Waals surface area contributed by atoms with Crippen molar-refractivity contribution in [1.29, 1.82) is 0 Å². The highest BCUT2D eigenvalue weighted by Gasteiger charge is 2.27. The van der Waals surface area contributed by atoms with Crippen molar-refractivity contribution in [3.05, 3.63) is 35.6 Å². The number of nitrogens with one attached hydrogen (secondary N) is 1. The zero-order valence-electron chi connectivity index (χ0n) is 12.2. The van der Waals surface area contributed by atoms with Crippen LogP contribution in [-0.2, 0) is 4.79 Å². The third-order valence-electron chi connectivity index (χ3n) is 4.00. The van der Waals surface area contributed by atoms with E-state index in [2.05, 4.69) is 5.32 Å². The Morgan fingerprint density at radius 2 is 2.10 bits per heavy atom. The molecule has 0 bridgehead atoms. The molecule has 3 nitrogen and oxygen atoms in total. The summed E-state index contributed by atoms with van der Waals surface area (Å²) in [7, 11) is 0. The van der Waals surface area contributed by atoms with Crippen LogP contribution in [-0.4, -0.2) is 12.5 Å². The Hall–Kier alpha value is -1.13. The van der Waals surface area contributed by atoms with Gasteiger partial charge in [-0.25, -0.2) is 4.39 Å². The maximum atomic E-state index is 13.4.